The molecule has 4 aliphatic rings. The second-order valence-electron chi connectivity index (χ2n) is 11.6. The molecule has 3 fully saturated rings. The number of alkyl halides is 2. The van der Waals surface area contributed by atoms with Crippen LogP contribution < -0.4 is 30.5 Å². The number of rotatable bonds is 8. The van der Waals surface area contributed by atoms with Crippen molar-refractivity contribution in [3.63, 3.8) is 0 Å². The Kier molecular flexibility index (Phi) is 7.46. The molecule has 4 heterocycles. The van der Waals surface area contributed by atoms with Crippen LogP contribution in [0.1, 0.15) is 55.3 Å². The van der Waals surface area contributed by atoms with Crippen LogP contribution in [-0.2, 0) is 9.59 Å². The number of anilines is 4. The van der Waals surface area contributed by atoms with E-state index in [9.17, 15) is 23.2 Å². The number of methoxy groups -OCH3 is 1. The lowest BCUT2D eigenvalue weighted by Gasteiger charge is -2.31. The minimum atomic E-state index is -3.56. The maximum absolute atomic E-state index is 14.9. The smallest absolute Gasteiger partial charge is 0.342 e. The normalized spacial score (nSPS) is 25.5. The van der Waals surface area contributed by atoms with E-state index < -0.39 is 18.4 Å². The molecule has 6 rings (SSSR count). The average Bonchev–Trinajstić information content (AvgIpc) is 3.54. The fourth-order valence-corrected chi connectivity index (χ4v) is 6.47. The van der Waals surface area contributed by atoms with Gasteiger partial charge in [-0.05, 0) is 43.4 Å². The van der Waals surface area contributed by atoms with Crippen LogP contribution in [0.25, 0.3) is 0 Å². The predicted molar refractivity (Wildman–Crippen MR) is 152 cm³/mol. The largest absolute Gasteiger partial charge is 0.495 e. The monoisotopic (exact) mass is 583 g/mol. The van der Waals surface area contributed by atoms with Crippen LogP contribution in [0.4, 0.5) is 31.9 Å². The number of piperidine rings is 1. The van der Waals surface area contributed by atoms with Gasteiger partial charge < -0.3 is 30.5 Å². The Hall–Kier alpha value is -3.87. The lowest BCUT2D eigenvalue weighted by atomic mass is 9.91. The topological polar surface area (TPSA) is 139 Å². The van der Waals surface area contributed by atoms with E-state index in [4.69, 9.17) is 4.74 Å². The van der Waals surface area contributed by atoms with Gasteiger partial charge in [0.1, 0.15) is 11.4 Å². The second kappa shape index (κ2) is 11.1. The lowest BCUT2D eigenvalue weighted by molar-refractivity contribution is -0.140. The molecule has 3 unspecified atom stereocenters. The number of nitrogens with one attached hydrogen (secondary N) is 3. The second-order valence-corrected chi connectivity index (χ2v) is 11.6. The van der Waals surface area contributed by atoms with E-state index >= 15 is 0 Å². The van der Waals surface area contributed by atoms with Crippen LogP contribution in [0.15, 0.2) is 24.4 Å². The molecule has 3 atom stereocenters. The molecule has 42 heavy (non-hydrogen) atoms. The zero-order valence-electron chi connectivity index (χ0n) is 23.7. The van der Waals surface area contributed by atoms with Crippen LogP contribution in [0.5, 0.6) is 5.75 Å². The van der Waals surface area contributed by atoms with Crippen molar-refractivity contribution in [2.45, 2.75) is 69.0 Å². The number of ether oxygens (including phenoxy) is 1. The van der Waals surface area contributed by atoms with E-state index in [2.05, 4.69) is 25.9 Å². The maximum Gasteiger partial charge on any atom is 0.342 e. The number of aromatic nitrogens is 2. The molecule has 2 saturated heterocycles. The van der Waals surface area contributed by atoms with Crippen LogP contribution in [0.3, 0.4) is 0 Å². The van der Waals surface area contributed by atoms with E-state index in [1.807, 2.05) is 0 Å². The van der Waals surface area contributed by atoms with Crippen LogP contribution in [0, 0.1) is 5.92 Å². The van der Waals surface area contributed by atoms with Gasteiger partial charge in [0.2, 0.25) is 11.9 Å². The Morgan fingerprint density at radius 3 is 2.74 bits per heavy atom. The van der Waals surface area contributed by atoms with E-state index in [-0.39, 0.29) is 53.2 Å². The summed E-state index contributed by atoms with van der Waals surface area (Å²) in [5.41, 5.74) is 1.22. The van der Waals surface area contributed by atoms with Gasteiger partial charge in [-0.3, -0.25) is 14.4 Å². The highest BCUT2D eigenvalue weighted by Crippen LogP contribution is 2.40. The summed E-state index contributed by atoms with van der Waals surface area (Å²) in [6, 6.07) is 5.12. The molecule has 1 aromatic heterocycles. The average molecular weight is 584 g/mol. The van der Waals surface area contributed by atoms with Gasteiger partial charge in [0, 0.05) is 50.1 Å². The van der Waals surface area contributed by atoms with Gasteiger partial charge >= 0.3 is 5.92 Å². The van der Waals surface area contributed by atoms with Crippen molar-refractivity contribution >= 4 is 40.7 Å². The summed E-state index contributed by atoms with van der Waals surface area (Å²) in [5, 5.41) is 9.30. The molecule has 0 radical (unpaired) electrons. The summed E-state index contributed by atoms with van der Waals surface area (Å²) in [4.78, 5) is 48.7. The van der Waals surface area contributed by atoms with Gasteiger partial charge in [-0.1, -0.05) is 12.8 Å². The fourth-order valence-electron chi connectivity index (χ4n) is 6.47. The summed E-state index contributed by atoms with van der Waals surface area (Å²) >= 11 is 0. The number of Topliss-reactive ketones (excluding diaryl/α,β-unsaturated/α-hetero) is 1. The van der Waals surface area contributed by atoms with Crippen molar-refractivity contribution in [1.82, 2.24) is 20.6 Å². The molecule has 11 nitrogen and oxygen atoms in total. The molecule has 2 amide bonds. The fraction of sp³-hybridized carbons (Fsp3) is 0.552. The molecule has 2 aromatic rings. The molecule has 224 valence electrons. The Bertz CT molecular complexity index is 1400. The van der Waals surface area contributed by atoms with Gasteiger partial charge in [-0.2, -0.15) is 13.8 Å². The van der Waals surface area contributed by atoms with Gasteiger partial charge in [0.15, 0.2) is 11.6 Å². The van der Waals surface area contributed by atoms with Crippen molar-refractivity contribution in [2.24, 2.45) is 5.92 Å². The predicted octanol–water partition coefficient (Wildman–Crippen LogP) is 3.03. The molecule has 0 spiro atoms. The van der Waals surface area contributed by atoms with E-state index in [1.54, 1.807) is 23.1 Å². The number of hydrogen-bond acceptors (Lipinski definition) is 9. The van der Waals surface area contributed by atoms with Crippen molar-refractivity contribution in [1.29, 1.82) is 0 Å². The zero-order chi connectivity index (χ0) is 29.6. The van der Waals surface area contributed by atoms with Gasteiger partial charge in [0.25, 0.3) is 5.91 Å². The summed E-state index contributed by atoms with van der Waals surface area (Å²) in [5.74, 6) is -3.75. The Morgan fingerprint density at radius 1 is 1.21 bits per heavy atom. The Morgan fingerprint density at radius 2 is 2.00 bits per heavy atom. The zero-order valence-corrected chi connectivity index (χ0v) is 23.7. The molecule has 3 N–H and O–H groups in total. The minimum Gasteiger partial charge on any atom is -0.495 e. The number of halogens is 2. The molecule has 0 bridgehead atoms. The molecular formula is C29H35F2N7O4. The summed E-state index contributed by atoms with van der Waals surface area (Å²) in [6.07, 6.45) is 6.44. The number of amides is 2. The standard InChI is InChI=1S/C29H35F2N7O4/c1-37-21-14-33-28(36-26(21)38(18-5-3-4-6-18)15-29(30,31)27(37)41)35-19-8-7-16(11-23(19)42-2)22(39)13-20-25(34-20)17-9-10-32-24(40)12-17/h7-8,11,14,17-18,20,25,34H,3-6,9-10,12-13,15H2,1-2H3,(H,32,40)(H,33,35,36). The summed E-state index contributed by atoms with van der Waals surface area (Å²) < 4.78 is 35.3. The lowest BCUT2D eigenvalue weighted by Crippen LogP contribution is -2.48. The number of fused-ring (bicyclic) bond motifs is 1. The number of carbonyl (C=O) groups excluding carboxylic acids is 3. The SMILES string of the molecule is COc1cc(C(=O)CC2NC2C2CCNC(=O)C2)ccc1Nc1ncc2c(n1)N(C1CCCC1)CC(F)(F)C(=O)N2C. The van der Waals surface area contributed by atoms with Crippen molar-refractivity contribution < 1.29 is 27.9 Å². The third-order valence-corrected chi connectivity index (χ3v) is 8.83. The Labute approximate surface area is 242 Å². The van der Waals surface area contributed by atoms with Crippen molar-refractivity contribution in [3.8, 4) is 5.75 Å². The maximum atomic E-state index is 14.9. The molecule has 13 heteroatoms. The summed E-state index contributed by atoms with van der Waals surface area (Å²) in [6.45, 7) is -0.0725. The molecule has 1 aromatic carbocycles. The first kappa shape index (κ1) is 28.3. The third-order valence-electron chi connectivity index (χ3n) is 8.83. The summed E-state index contributed by atoms with van der Waals surface area (Å²) in [7, 11) is 2.80. The number of carbonyl (C=O) groups is 3. The quantitative estimate of drug-likeness (QED) is 0.316. The van der Waals surface area contributed by atoms with Gasteiger partial charge in [-0.15, -0.1) is 0 Å². The molecular weight excluding hydrogens is 548 g/mol. The number of ketones is 1. The molecule has 3 aliphatic heterocycles. The van der Waals surface area contributed by atoms with E-state index in [0.717, 1.165) is 37.0 Å². The highest BCUT2D eigenvalue weighted by molar-refractivity contribution is 6.02. The van der Waals surface area contributed by atoms with E-state index in [0.29, 0.717) is 36.4 Å². The highest BCUT2D eigenvalue weighted by atomic mass is 19.3. The van der Waals surface area contributed by atoms with Crippen molar-refractivity contribution in [2.75, 3.05) is 42.4 Å². The van der Waals surface area contributed by atoms with Crippen LogP contribution in [0.2, 0.25) is 0 Å². The van der Waals surface area contributed by atoms with E-state index in [1.165, 1.54) is 20.4 Å². The number of hydrogen-bond donors (Lipinski definition) is 3. The minimum absolute atomic E-state index is 0.0396. The highest BCUT2D eigenvalue weighted by Gasteiger charge is 2.49. The first-order valence-corrected chi connectivity index (χ1v) is 14.5. The Balaban J connectivity index is 1.19. The van der Waals surface area contributed by atoms with Crippen LogP contribution >= 0.6 is 0 Å². The first-order chi connectivity index (χ1) is 20.1. The number of nitrogens with zero attached hydrogens (tertiary/aromatic N) is 4. The molecule has 1 aliphatic carbocycles. The first-order valence-electron chi connectivity index (χ1n) is 14.5. The van der Waals surface area contributed by atoms with Gasteiger partial charge in [-0.25, -0.2) is 4.98 Å². The molecule has 1 saturated carbocycles. The van der Waals surface area contributed by atoms with Crippen LogP contribution in [-0.4, -0.2) is 78.9 Å². The third kappa shape index (κ3) is 5.49. The number of benzene rings is 1. The van der Waals surface area contributed by atoms with Crippen molar-refractivity contribution in [3.05, 3.63) is 30.0 Å². The van der Waals surface area contributed by atoms with Gasteiger partial charge in [0.05, 0.1) is 25.5 Å².